The van der Waals surface area contributed by atoms with Gasteiger partial charge in [0.1, 0.15) is 0 Å². The Hall–Kier alpha value is -0.340. The van der Waals surface area contributed by atoms with E-state index in [1.807, 2.05) is 11.3 Å². The van der Waals surface area contributed by atoms with Crippen LogP contribution in [0.5, 0.6) is 0 Å². The number of aryl methyl sites for hydroxylation is 1. The minimum absolute atomic E-state index is 0.429. The zero-order valence-corrected chi connectivity index (χ0v) is 11.1. The van der Waals surface area contributed by atoms with Gasteiger partial charge in [0.05, 0.1) is 0 Å². The summed E-state index contributed by atoms with van der Waals surface area (Å²) in [5.74, 6) is 0. The Morgan fingerprint density at radius 3 is 3.06 bits per heavy atom. The van der Waals surface area contributed by atoms with Crippen molar-refractivity contribution in [2.75, 3.05) is 6.54 Å². The van der Waals surface area contributed by atoms with E-state index in [-0.39, 0.29) is 0 Å². The monoisotopic (exact) mass is 237 g/mol. The zero-order valence-electron chi connectivity index (χ0n) is 10.3. The Balaban J connectivity index is 1.92. The lowest BCUT2D eigenvalue weighted by molar-refractivity contribution is 0.283. The van der Waals surface area contributed by atoms with Crippen molar-refractivity contribution >= 4 is 11.3 Å². The van der Waals surface area contributed by atoms with Gasteiger partial charge in [-0.1, -0.05) is 19.8 Å². The van der Waals surface area contributed by atoms with Crippen LogP contribution in [-0.2, 0) is 6.42 Å². The first kappa shape index (κ1) is 12.1. The third-order valence-corrected chi connectivity index (χ3v) is 4.71. The molecular weight excluding hydrogens is 214 g/mol. The normalized spacial score (nSPS) is 26.6. The maximum Gasteiger partial charge on any atom is 0.0182 e. The molecule has 0 aliphatic carbocycles. The molecule has 1 aliphatic rings. The fourth-order valence-electron chi connectivity index (χ4n) is 2.72. The van der Waals surface area contributed by atoms with E-state index in [2.05, 4.69) is 29.1 Å². The van der Waals surface area contributed by atoms with Gasteiger partial charge in [-0.25, -0.2) is 0 Å². The molecule has 2 rings (SSSR count). The minimum Gasteiger partial charge on any atom is -0.311 e. The Kier molecular flexibility index (Phi) is 4.42. The average molecular weight is 237 g/mol. The SMILES string of the molecule is CCC1(CCc2ccsc2)CCCCCN1. The van der Waals surface area contributed by atoms with Crippen LogP contribution in [0.15, 0.2) is 16.8 Å². The summed E-state index contributed by atoms with van der Waals surface area (Å²) in [6.07, 6.45) is 9.37. The van der Waals surface area contributed by atoms with Gasteiger partial charge in [0, 0.05) is 5.54 Å². The van der Waals surface area contributed by atoms with E-state index in [1.54, 1.807) is 0 Å². The largest absolute Gasteiger partial charge is 0.311 e. The van der Waals surface area contributed by atoms with Gasteiger partial charge in [0.25, 0.3) is 0 Å². The topological polar surface area (TPSA) is 12.0 Å². The first-order valence-electron chi connectivity index (χ1n) is 6.61. The number of rotatable bonds is 4. The summed E-state index contributed by atoms with van der Waals surface area (Å²) in [5.41, 5.74) is 1.95. The van der Waals surface area contributed by atoms with Crippen molar-refractivity contribution < 1.29 is 0 Å². The highest BCUT2D eigenvalue weighted by Crippen LogP contribution is 2.27. The van der Waals surface area contributed by atoms with Crippen LogP contribution in [0.4, 0.5) is 0 Å². The van der Waals surface area contributed by atoms with E-state index in [1.165, 1.54) is 57.1 Å². The fourth-order valence-corrected chi connectivity index (χ4v) is 3.42. The molecule has 1 aliphatic heterocycles. The van der Waals surface area contributed by atoms with Gasteiger partial charge in [-0.3, -0.25) is 0 Å². The highest BCUT2D eigenvalue weighted by atomic mass is 32.1. The van der Waals surface area contributed by atoms with Crippen molar-refractivity contribution in [3.63, 3.8) is 0 Å². The van der Waals surface area contributed by atoms with Gasteiger partial charge in [0.15, 0.2) is 0 Å². The van der Waals surface area contributed by atoms with Crippen LogP contribution in [0.1, 0.15) is 51.0 Å². The van der Waals surface area contributed by atoms with Crippen molar-refractivity contribution in [3.05, 3.63) is 22.4 Å². The van der Waals surface area contributed by atoms with Crippen LogP contribution in [0, 0.1) is 0 Å². The number of hydrogen-bond acceptors (Lipinski definition) is 2. The Bertz CT molecular complexity index is 284. The molecule has 16 heavy (non-hydrogen) atoms. The lowest BCUT2D eigenvalue weighted by Gasteiger charge is -2.33. The number of thiophene rings is 1. The molecule has 1 N–H and O–H groups in total. The summed E-state index contributed by atoms with van der Waals surface area (Å²) in [4.78, 5) is 0. The zero-order chi connectivity index (χ0) is 11.3. The second-order valence-electron chi connectivity index (χ2n) is 5.00. The summed E-state index contributed by atoms with van der Waals surface area (Å²) in [6, 6.07) is 2.27. The maximum atomic E-state index is 3.81. The number of nitrogens with one attached hydrogen (secondary N) is 1. The van der Waals surface area contributed by atoms with E-state index in [4.69, 9.17) is 0 Å². The molecule has 2 heterocycles. The van der Waals surface area contributed by atoms with E-state index in [9.17, 15) is 0 Å². The first-order chi connectivity index (χ1) is 7.85. The third kappa shape index (κ3) is 3.08. The molecule has 1 fully saturated rings. The van der Waals surface area contributed by atoms with Crippen molar-refractivity contribution in [2.45, 2.75) is 57.4 Å². The lowest BCUT2D eigenvalue weighted by Crippen LogP contribution is -2.44. The number of hydrogen-bond donors (Lipinski definition) is 1. The molecule has 1 unspecified atom stereocenters. The van der Waals surface area contributed by atoms with Crippen LogP contribution in [-0.4, -0.2) is 12.1 Å². The summed E-state index contributed by atoms with van der Waals surface area (Å²) < 4.78 is 0. The molecule has 1 saturated heterocycles. The summed E-state index contributed by atoms with van der Waals surface area (Å²) in [5, 5.41) is 8.29. The van der Waals surface area contributed by atoms with E-state index in [0.29, 0.717) is 5.54 Å². The molecule has 1 aromatic heterocycles. The molecular formula is C14H23NS. The van der Waals surface area contributed by atoms with Crippen molar-refractivity contribution in [1.29, 1.82) is 0 Å². The van der Waals surface area contributed by atoms with Crippen molar-refractivity contribution in [1.82, 2.24) is 5.32 Å². The quantitative estimate of drug-likeness (QED) is 0.835. The van der Waals surface area contributed by atoms with Gasteiger partial charge in [0.2, 0.25) is 0 Å². The minimum atomic E-state index is 0.429. The molecule has 0 amide bonds. The first-order valence-corrected chi connectivity index (χ1v) is 7.55. The van der Waals surface area contributed by atoms with Gasteiger partial charge in [-0.2, -0.15) is 11.3 Å². The molecule has 2 heteroatoms. The Morgan fingerprint density at radius 1 is 1.38 bits per heavy atom. The lowest BCUT2D eigenvalue weighted by atomic mass is 9.85. The maximum absolute atomic E-state index is 3.81. The van der Waals surface area contributed by atoms with Crippen LogP contribution >= 0.6 is 11.3 Å². The summed E-state index contributed by atoms with van der Waals surface area (Å²) >= 11 is 1.82. The second kappa shape index (κ2) is 5.83. The van der Waals surface area contributed by atoms with E-state index >= 15 is 0 Å². The predicted octanol–water partition coefficient (Wildman–Crippen LogP) is 3.99. The third-order valence-electron chi connectivity index (χ3n) is 3.98. The highest BCUT2D eigenvalue weighted by Gasteiger charge is 2.27. The second-order valence-corrected chi connectivity index (χ2v) is 5.78. The average Bonchev–Trinajstić information content (AvgIpc) is 2.72. The van der Waals surface area contributed by atoms with Crippen LogP contribution in [0.2, 0.25) is 0 Å². The fraction of sp³-hybridized carbons (Fsp3) is 0.714. The van der Waals surface area contributed by atoms with Gasteiger partial charge < -0.3 is 5.32 Å². The molecule has 0 aromatic carbocycles. The van der Waals surface area contributed by atoms with Crippen molar-refractivity contribution in [3.8, 4) is 0 Å². The Morgan fingerprint density at radius 2 is 2.31 bits per heavy atom. The molecule has 0 radical (unpaired) electrons. The van der Waals surface area contributed by atoms with Crippen LogP contribution in [0.3, 0.4) is 0 Å². The summed E-state index contributed by atoms with van der Waals surface area (Å²) in [7, 11) is 0. The molecule has 1 aromatic rings. The van der Waals surface area contributed by atoms with Gasteiger partial charge in [-0.05, 0) is 61.0 Å². The highest BCUT2D eigenvalue weighted by molar-refractivity contribution is 7.07. The van der Waals surface area contributed by atoms with Crippen LogP contribution in [0.25, 0.3) is 0 Å². The van der Waals surface area contributed by atoms with Gasteiger partial charge >= 0.3 is 0 Å². The van der Waals surface area contributed by atoms with Crippen molar-refractivity contribution in [2.24, 2.45) is 0 Å². The van der Waals surface area contributed by atoms with Crippen LogP contribution < -0.4 is 5.32 Å². The Labute approximate surface area is 103 Å². The molecule has 0 saturated carbocycles. The van der Waals surface area contributed by atoms with E-state index < -0.39 is 0 Å². The molecule has 0 spiro atoms. The molecule has 1 nitrogen and oxygen atoms in total. The summed E-state index contributed by atoms with van der Waals surface area (Å²) in [6.45, 7) is 3.56. The molecule has 1 atom stereocenters. The van der Waals surface area contributed by atoms with Gasteiger partial charge in [-0.15, -0.1) is 0 Å². The standard InChI is InChI=1S/C14H23NS/c1-2-14(8-4-3-5-10-15-14)9-6-13-7-11-16-12-13/h7,11-12,15H,2-6,8-10H2,1H3. The molecule has 90 valence electrons. The van der Waals surface area contributed by atoms with E-state index in [0.717, 1.165) is 0 Å². The smallest absolute Gasteiger partial charge is 0.0182 e. The predicted molar refractivity (Wildman–Crippen MR) is 72.1 cm³/mol. The molecule has 0 bridgehead atoms.